The zero-order valence-corrected chi connectivity index (χ0v) is 17.3. The van der Waals surface area contributed by atoms with Crippen molar-refractivity contribution in [1.82, 2.24) is 5.32 Å². The first-order valence-corrected chi connectivity index (χ1v) is 9.80. The monoisotopic (exact) mass is 375 g/mol. The molecule has 3 nitrogen and oxygen atoms in total. The summed E-state index contributed by atoms with van der Waals surface area (Å²) in [7, 11) is 0. The summed E-state index contributed by atoms with van der Waals surface area (Å²) in [6, 6.07) is 22.3. The summed E-state index contributed by atoms with van der Waals surface area (Å²) < 4.78 is 5.87. The maximum absolute atomic E-state index is 12.6. The number of hydrogen-bond donors (Lipinski definition) is 1. The Balaban J connectivity index is 1.62. The van der Waals surface area contributed by atoms with Crippen LogP contribution in [0.5, 0.6) is 5.75 Å². The fraction of sp³-hybridized carbons (Fsp3) is 0.320. The number of rotatable bonds is 5. The van der Waals surface area contributed by atoms with Gasteiger partial charge in [-0.1, -0.05) is 75.4 Å². The van der Waals surface area contributed by atoms with E-state index < -0.39 is 6.10 Å². The third-order valence-corrected chi connectivity index (χ3v) is 5.04. The first kappa shape index (κ1) is 19.9. The fourth-order valence-electron chi connectivity index (χ4n) is 3.18. The van der Waals surface area contributed by atoms with Gasteiger partial charge in [-0.15, -0.1) is 0 Å². The van der Waals surface area contributed by atoms with Crippen LogP contribution in [-0.4, -0.2) is 12.0 Å². The molecule has 0 spiro atoms. The molecule has 28 heavy (non-hydrogen) atoms. The molecule has 3 aromatic carbocycles. The van der Waals surface area contributed by atoms with Crippen LogP contribution in [0.4, 0.5) is 0 Å². The van der Waals surface area contributed by atoms with Crippen molar-refractivity contribution < 1.29 is 9.53 Å². The molecule has 0 unspecified atom stereocenters. The van der Waals surface area contributed by atoms with Crippen molar-refractivity contribution in [3.05, 3.63) is 77.9 Å². The van der Waals surface area contributed by atoms with Gasteiger partial charge in [-0.3, -0.25) is 4.79 Å². The molecule has 3 heteroatoms. The molecule has 146 valence electrons. The summed E-state index contributed by atoms with van der Waals surface area (Å²) in [5.74, 6) is 0.573. The van der Waals surface area contributed by atoms with Crippen molar-refractivity contribution in [1.29, 1.82) is 0 Å². The van der Waals surface area contributed by atoms with Crippen molar-refractivity contribution >= 4 is 16.7 Å². The van der Waals surface area contributed by atoms with Crippen LogP contribution in [0, 0.1) is 0 Å². The van der Waals surface area contributed by atoms with Gasteiger partial charge in [-0.2, -0.15) is 0 Å². The minimum atomic E-state index is -0.572. The molecule has 1 amide bonds. The summed E-state index contributed by atoms with van der Waals surface area (Å²) in [4.78, 5) is 12.6. The molecule has 3 aromatic rings. The topological polar surface area (TPSA) is 38.3 Å². The third-order valence-electron chi connectivity index (χ3n) is 5.04. The standard InChI is InChI=1S/C25H29NO2/c1-17(19-10-13-22(14-11-19)25(3,4)5)26-24(27)18(2)28-23-15-12-20-8-6-7-9-21(20)16-23/h6-18H,1-5H3,(H,26,27)/t17-,18+/m0/s1. The number of benzene rings is 3. The highest BCUT2D eigenvalue weighted by Gasteiger charge is 2.19. The van der Waals surface area contributed by atoms with Crippen molar-refractivity contribution in [3.63, 3.8) is 0 Å². The van der Waals surface area contributed by atoms with E-state index in [0.29, 0.717) is 5.75 Å². The Bertz CT molecular complexity index is 954. The summed E-state index contributed by atoms with van der Waals surface area (Å²) in [5.41, 5.74) is 2.48. The maximum atomic E-state index is 12.6. The van der Waals surface area contributed by atoms with Crippen molar-refractivity contribution in [2.75, 3.05) is 0 Å². The predicted molar refractivity (Wildman–Crippen MR) is 116 cm³/mol. The molecular weight excluding hydrogens is 346 g/mol. The summed E-state index contributed by atoms with van der Waals surface area (Å²) >= 11 is 0. The van der Waals surface area contributed by atoms with Gasteiger partial charge in [0, 0.05) is 0 Å². The minimum Gasteiger partial charge on any atom is -0.481 e. The maximum Gasteiger partial charge on any atom is 0.261 e. The second-order valence-corrected chi connectivity index (χ2v) is 8.37. The molecule has 1 N–H and O–H groups in total. The fourth-order valence-corrected chi connectivity index (χ4v) is 3.18. The van der Waals surface area contributed by atoms with E-state index in [2.05, 4.69) is 56.4 Å². The van der Waals surface area contributed by atoms with E-state index in [0.717, 1.165) is 16.3 Å². The van der Waals surface area contributed by atoms with Crippen molar-refractivity contribution in [2.24, 2.45) is 0 Å². The lowest BCUT2D eigenvalue weighted by Gasteiger charge is -2.22. The number of nitrogens with one attached hydrogen (secondary N) is 1. The van der Waals surface area contributed by atoms with Gasteiger partial charge in [-0.05, 0) is 53.3 Å². The van der Waals surface area contributed by atoms with Gasteiger partial charge in [0.1, 0.15) is 5.75 Å². The molecule has 3 rings (SSSR count). The number of ether oxygens (including phenoxy) is 1. The average molecular weight is 376 g/mol. The van der Waals surface area contributed by atoms with E-state index in [1.54, 1.807) is 6.92 Å². The van der Waals surface area contributed by atoms with Crippen LogP contribution >= 0.6 is 0 Å². The summed E-state index contributed by atoms with van der Waals surface area (Å²) in [5, 5.41) is 5.30. The Morgan fingerprint density at radius 3 is 2.18 bits per heavy atom. The molecule has 0 aliphatic heterocycles. The van der Waals surface area contributed by atoms with Crippen LogP contribution in [0.15, 0.2) is 66.7 Å². The summed E-state index contributed by atoms with van der Waals surface area (Å²) in [6.45, 7) is 10.4. The number of carbonyl (C=O) groups is 1. The second-order valence-electron chi connectivity index (χ2n) is 8.37. The van der Waals surface area contributed by atoms with Gasteiger partial charge >= 0.3 is 0 Å². The molecule has 0 saturated heterocycles. The van der Waals surface area contributed by atoms with E-state index in [4.69, 9.17) is 4.74 Å². The van der Waals surface area contributed by atoms with E-state index in [1.165, 1.54) is 5.56 Å². The smallest absolute Gasteiger partial charge is 0.261 e. The average Bonchev–Trinajstić information content (AvgIpc) is 2.67. The van der Waals surface area contributed by atoms with Gasteiger partial charge in [0.2, 0.25) is 0 Å². The quantitative estimate of drug-likeness (QED) is 0.614. The lowest BCUT2D eigenvalue weighted by Crippen LogP contribution is -2.37. The van der Waals surface area contributed by atoms with E-state index >= 15 is 0 Å². The SMILES string of the molecule is C[C@H](NC(=O)[C@@H](C)Oc1ccc2ccccc2c1)c1ccc(C(C)(C)C)cc1. The predicted octanol–water partition coefficient (Wildman–Crippen LogP) is 5.78. The number of hydrogen-bond acceptors (Lipinski definition) is 2. The molecule has 0 aliphatic rings. The number of fused-ring (bicyclic) bond motifs is 1. The number of carbonyl (C=O) groups excluding carboxylic acids is 1. The van der Waals surface area contributed by atoms with E-state index in [9.17, 15) is 4.79 Å². The second kappa shape index (κ2) is 8.05. The minimum absolute atomic E-state index is 0.0795. The molecular formula is C25H29NO2. The highest BCUT2D eigenvalue weighted by atomic mass is 16.5. The highest BCUT2D eigenvalue weighted by Crippen LogP contribution is 2.24. The van der Waals surface area contributed by atoms with Gasteiger partial charge in [0.05, 0.1) is 6.04 Å². The Labute approximate surface area is 167 Å². The van der Waals surface area contributed by atoms with Crippen molar-refractivity contribution in [3.8, 4) is 5.75 Å². The normalized spacial score (nSPS) is 13.8. The van der Waals surface area contributed by atoms with Gasteiger partial charge in [0.15, 0.2) is 6.10 Å². The third kappa shape index (κ3) is 4.72. The molecule has 0 aromatic heterocycles. The van der Waals surface area contributed by atoms with Crippen LogP contribution < -0.4 is 10.1 Å². The van der Waals surface area contributed by atoms with Crippen LogP contribution in [0.25, 0.3) is 10.8 Å². The van der Waals surface area contributed by atoms with Crippen LogP contribution in [0.3, 0.4) is 0 Å². The first-order valence-electron chi connectivity index (χ1n) is 9.80. The van der Waals surface area contributed by atoms with Gasteiger partial charge in [0.25, 0.3) is 5.91 Å². The van der Waals surface area contributed by atoms with E-state index in [-0.39, 0.29) is 17.4 Å². The largest absolute Gasteiger partial charge is 0.481 e. The number of amides is 1. The zero-order valence-electron chi connectivity index (χ0n) is 17.3. The van der Waals surface area contributed by atoms with Gasteiger partial charge in [-0.25, -0.2) is 0 Å². The first-order chi connectivity index (χ1) is 13.2. The Hall–Kier alpha value is -2.81. The van der Waals surface area contributed by atoms with Crippen LogP contribution in [0.1, 0.15) is 51.8 Å². The zero-order chi connectivity index (χ0) is 20.3. The lowest BCUT2D eigenvalue weighted by molar-refractivity contribution is -0.127. The molecule has 0 saturated carbocycles. The van der Waals surface area contributed by atoms with Crippen LogP contribution in [0.2, 0.25) is 0 Å². The van der Waals surface area contributed by atoms with Gasteiger partial charge < -0.3 is 10.1 Å². The molecule has 0 bridgehead atoms. The molecule has 0 aliphatic carbocycles. The molecule has 0 radical (unpaired) electrons. The van der Waals surface area contributed by atoms with Crippen LogP contribution in [-0.2, 0) is 10.2 Å². The van der Waals surface area contributed by atoms with Crippen molar-refractivity contribution in [2.45, 2.75) is 52.2 Å². The highest BCUT2D eigenvalue weighted by molar-refractivity contribution is 5.84. The Morgan fingerprint density at radius 2 is 1.54 bits per heavy atom. The lowest BCUT2D eigenvalue weighted by atomic mass is 9.86. The van der Waals surface area contributed by atoms with E-state index in [1.807, 2.05) is 43.3 Å². The molecule has 0 heterocycles. The Kier molecular flexibility index (Phi) is 5.73. The summed E-state index contributed by atoms with van der Waals surface area (Å²) in [6.07, 6.45) is -0.572. The molecule has 2 atom stereocenters. The molecule has 0 fully saturated rings. The Morgan fingerprint density at radius 1 is 0.893 bits per heavy atom.